The second kappa shape index (κ2) is 4.73. The molecule has 1 fully saturated rings. The summed E-state index contributed by atoms with van der Waals surface area (Å²) < 4.78 is 0. The molecule has 0 radical (unpaired) electrons. The van der Waals surface area contributed by atoms with Crippen LogP contribution in [0.3, 0.4) is 0 Å². The van der Waals surface area contributed by atoms with Crippen LogP contribution in [0.1, 0.15) is 19.3 Å². The first-order valence-electron chi connectivity index (χ1n) is 4.44. The fraction of sp³-hybridized carbons (Fsp3) is 0.667. The topological polar surface area (TPSA) is 61.8 Å². The maximum absolute atomic E-state index is 8.56. The number of rotatable bonds is 2. The molecule has 0 bridgehead atoms. The summed E-state index contributed by atoms with van der Waals surface area (Å²) in [6, 6.07) is 0.0230. The molecule has 1 aliphatic heterocycles. The number of likely N-dealkylation sites (tertiary alicyclic amines) is 1. The van der Waals surface area contributed by atoms with Crippen LogP contribution < -0.4 is 5.73 Å². The fourth-order valence-corrected chi connectivity index (χ4v) is 1.70. The second-order valence-corrected chi connectivity index (χ2v) is 3.21. The van der Waals surface area contributed by atoms with Crippen LogP contribution >= 0.6 is 0 Å². The van der Waals surface area contributed by atoms with Gasteiger partial charge in [0.05, 0.1) is 12.6 Å². The zero-order chi connectivity index (χ0) is 9.68. The molecule has 1 unspecified atom stereocenters. The average molecular weight is 181 g/mol. The Bertz CT molecular complexity index is 232. The van der Waals surface area contributed by atoms with Gasteiger partial charge in [-0.2, -0.15) is 0 Å². The minimum Gasteiger partial charge on any atom is -0.409 e. The van der Waals surface area contributed by atoms with Crippen LogP contribution in [-0.2, 0) is 0 Å². The van der Waals surface area contributed by atoms with Crippen LogP contribution in [0.4, 0.5) is 0 Å². The third kappa shape index (κ3) is 2.36. The van der Waals surface area contributed by atoms with E-state index in [1.165, 1.54) is 0 Å². The molecule has 0 amide bonds. The van der Waals surface area contributed by atoms with Gasteiger partial charge in [0.1, 0.15) is 0 Å². The van der Waals surface area contributed by atoms with Crippen molar-refractivity contribution >= 4 is 5.84 Å². The lowest BCUT2D eigenvalue weighted by atomic mass is 10.0. The van der Waals surface area contributed by atoms with Crippen molar-refractivity contribution in [3.8, 4) is 12.3 Å². The third-order valence-electron chi connectivity index (χ3n) is 2.36. The van der Waals surface area contributed by atoms with Crippen molar-refractivity contribution in [1.29, 1.82) is 0 Å². The van der Waals surface area contributed by atoms with Crippen molar-refractivity contribution in [1.82, 2.24) is 4.90 Å². The highest BCUT2D eigenvalue weighted by Crippen LogP contribution is 2.16. The third-order valence-corrected chi connectivity index (χ3v) is 2.36. The lowest BCUT2D eigenvalue weighted by Gasteiger charge is -2.33. The Morgan fingerprint density at radius 3 is 3.08 bits per heavy atom. The van der Waals surface area contributed by atoms with E-state index in [1.54, 1.807) is 0 Å². The summed E-state index contributed by atoms with van der Waals surface area (Å²) in [5, 5.41) is 11.6. The SMILES string of the molecule is C#CCN1CCCCC1/C(N)=N/O. The van der Waals surface area contributed by atoms with Crippen molar-refractivity contribution < 1.29 is 5.21 Å². The van der Waals surface area contributed by atoms with Gasteiger partial charge in [-0.15, -0.1) is 6.42 Å². The number of amidine groups is 1. The Morgan fingerprint density at radius 1 is 1.69 bits per heavy atom. The molecule has 0 spiro atoms. The number of nitrogens with two attached hydrogens (primary N) is 1. The number of oxime groups is 1. The summed E-state index contributed by atoms with van der Waals surface area (Å²) in [5.74, 6) is 2.85. The van der Waals surface area contributed by atoms with Gasteiger partial charge in [-0.25, -0.2) is 0 Å². The van der Waals surface area contributed by atoms with Gasteiger partial charge in [0.15, 0.2) is 5.84 Å². The van der Waals surface area contributed by atoms with Gasteiger partial charge in [0.25, 0.3) is 0 Å². The van der Waals surface area contributed by atoms with E-state index in [1.807, 2.05) is 0 Å². The molecule has 0 aromatic carbocycles. The summed E-state index contributed by atoms with van der Waals surface area (Å²) >= 11 is 0. The van der Waals surface area contributed by atoms with Crippen molar-refractivity contribution in [3.63, 3.8) is 0 Å². The summed E-state index contributed by atoms with van der Waals surface area (Å²) in [6.07, 6.45) is 8.41. The zero-order valence-electron chi connectivity index (χ0n) is 7.61. The molecule has 1 saturated heterocycles. The molecule has 0 aromatic rings. The standard InChI is InChI=1S/C9H15N3O/c1-2-6-12-7-4-3-5-8(12)9(10)11-13/h1,8,13H,3-7H2,(H2,10,11). The molecule has 1 atom stereocenters. The first-order valence-corrected chi connectivity index (χ1v) is 4.44. The molecule has 4 nitrogen and oxygen atoms in total. The minimum atomic E-state index is 0.0230. The largest absolute Gasteiger partial charge is 0.409 e. The van der Waals surface area contributed by atoms with Crippen LogP contribution in [0.15, 0.2) is 5.16 Å². The van der Waals surface area contributed by atoms with Crippen molar-refractivity contribution in [2.75, 3.05) is 13.1 Å². The van der Waals surface area contributed by atoms with E-state index in [9.17, 15) is 0 Å². The molecule has 13 heavy (non-hydrogen) atoms. The Labute approximate surface area is 78.4 Å². The highest BCUT2D eigenvalue weighted by Gasteiger charge is 2.24. The molecule has 1 heterocycles. The number of piperidine rings is 1. The Hall–Kier alpha value is -1.21. The van der Waals surface area contributed by atoms with Gasteiger partial charge in [-0.3, -0.25) is 4.90 Å². The molecular weight excluding hydrogens is 166 g/mol. The Kier molecular flexibility index (Phi) is 3.59. The lowest BCUT2D eigenvalue weighted by Crippen LogP contribution is -2.47. The number of hydrogen-bond donors (Lipinski definition) is 2. The van der Waals surface area contributed by atoms with Gasteiger partial charge < -0.3 is 10.9 Å². The molecule has 1 aliphatic rings. The Morgan fingerprint density at radius 2 is 2.46 bits per heavy atom. The van der Waals surface area contributed by atoms with E-state index in [0.717, 1.165) is 25.8 Å². The zero-order valence-corrected chi connectivity index (χ0v) is 7.61. The first kappa shape index (κ1) is 9.87. The van der Waals surface area contributed by atoms with Gasteiger partial charge in [-0.1, -0.05) is 17.5 Å². The summed E-state index contributed by atoms with van der Waals surface area (Å²) in [4.78, 5) is 2.07. The van der Waals surface area contributed by atoms with E-state index in [4.69, 9.17) is 17.4 Å². The van der Waals surface area contributed by atoms with Gasteiger partial charge in [0.2, 0.25) is 0 Å². The van der Waals surface area contributed by atoms with Crippen LogP contribution in [0.5, 0.6) is 0 Å². The van der Waals surface area contributed by atoms with E-state index >= 15 is 0 Å². The second-order valence-electron chi connectivity index (χ2n) is 3.21. The maximum Gasteiger partial charge on any atom is 0.156 e. The Balaban J connectivity index is 2.62. The van der Waals surface area contributed by atoms with Gasteiger partial charge >= 0.3 is 0 Å². The van der Waals surface area contributed by atoms with Crippen LogP contribution in [0.2, 0.25) is 0 Å². The highest BCUT2D eigenvalue weighted by atomic mass is 16.4. The summed E-state index contributed by atoms with van der Waals surface area (Å²) in [5.41, 5.74) is 5.56. The summed E-state index contributed by atoms with van der Waals surface area (Å²) in [6.45, 7) is 1.51. The van der Waals surface area contributed by atoms with Crippen LogP contribution in [0, 0.1) is 12.3 Å². The quantitative estimate of drug-likeness (QED) is 0.211. The molecular formula is C9H15N3O. The molecule has 0 saturated carbocycles. The monoisotopic (exact) mass is 181 g/mol. The fourth-order valence-electron chi connectivity index (χ4n) is 1.70. The molecule has 0 aromatic heterocycles. The molecule has 72 valence electrons. The van der Waals surface area contributed by atoms with Crippen molar-refractivity contribution in [2.45, 2.75) is 25.3 Å². The van der Waals surface area contributed by atoms with Crippen molar-refractivity contribution in [2.24, 2.45) is 10.9 Å². The maximum atomic E-state index is 8.56. The van der Waals surface area contributed by atoms with E-state index in [-0.39, 0.29) is 11.9 Å². The van der Waals surface area contributed by atoms with E-state index in [2.05, 4.69) is 16.0 Å². The predicted octanol–water partition coefficient (Wildman–Crippen LogP) is 0.221. The molecule has 1 rings (SSSR count). The normalized spacial score (nSPS) is 25.5. The predicted molar refractivity (Wildman–Crippen MR) is 51.5 cm³/mol. The van der Waals surface area contributed by atoms with Gasteiger partial charge in [0, 0.05) is 0 Å². The van der Waals surface area contributed by atoms with E-state index < -0.39 is 0 Å². The van der Waals surface area contributed by atoms with Gasteiger partial charge in [-0.05, 0) is 19.4 Å². The first-order chi connectivity index (χ1) is 6.29. The highest BCUT2D eigenvalue weighted by molar-refractivity contribution is 5.85. The van der Waals surface area contributed by atoms with E-state index in [0.29, 0.717) is 6.54 Å². The molecule has 4 heteroatoms. The average Bonchev–Trinajstić information content (AvgIpc) is 2.18. The van der Waals surface area contributed by atoms with Crippen LogP contribution in [0.25, 0.3) is 0 Å². The summed E-state index contributed by atoms with van der Waals surface area (Å²) in [7, 11) is 0. The molecule has 3 N–H and O–H groups in total. The smallest absolute Gasteiger partial charge is 0.156 e. The number of hydrogen-bond acceptors (Lipinski definition) is 3. The molecule has 0 aliphatic carbocycles. The minimum absolute atomic E-state index is 0.0230. The lowest BCUT2D eigenvalue weighted by molar-refractivity contribution is 0.208. The van der Waals surface area contributed by atoms with Crippen LogP contribution in [-0.4, -0.2) is 35.1 Å². The van der Waals surface area contributed by atoms with Crippen molar-refractivity contribution in [3.05, 3.63) is 0 Å². The number of nitrogens with zero attached hydrogens (tertiary/aromatic N) is 2. The number of terminal acetylenes is 1.